The van der Waals surface area contributed by atoms with E-state index in [1.54, 1.807) is 0 Å². The molecule has 100 valence electrons. The Morgan fingerprint density at radius 2 is 2.32 bits per heavy atom. The van der Waals surface area contributed by atoms with Gasteiger partial charge in [-0.15, -0.1) is 0 Å². The molecule has 1 fully saturated rings. The van der Waals surface area contributed by atoms with Crippen molar-refractivity contribution in [3.63, 3.8) is 0 Å². The Bertz CT molecular complexity index is 572. The lowest BCUT2D eigenvalue weighted by Gasteiger charge is -2.10. The number of nitrogens with one attached hydrogen (secondary N) is 2. The molecule has 4 heteroatoms. The number of H-pyrrole nitrogens is 1. The number of aromatic nitrogens is 1. The van der Waals surface area contributed by atoms with Crippen molar-refractivity contribution >= 4 is 28.6 Å². The summed E-state index contributed by atoms with van der Waals surface area (Å²) in [5.41, 5.74) is 2.37. The van der Waals surface area contributed by atoms with Crippen LogP contribution in [0.4, 0.5) is 0 Å². The smallest absolute Gasteiger partial charge is 0.220 e. The van der Waals surface area contributed by atoms with Crippen LogP contribution in [0.2, 0.25) is 0 Å². The minimum atomic E-state index is 0.179. The molecule has 1 amide bonds. The van der Waals surface area contributed by atoms with E-state index in [9.17, 15) is 4.79 Å². The molecule has 2 aromatic rings. The normalized spacial score (nSPS) is 18.8. The molecule has 0 bridgehead atoms. The van der Waals surface area contributed by atoms with Crippen LogP contribution in [-0.4, -0.2) is 28.4 Å². The van der Waals surface area contributed by atoms with Crippen LogP contribution in [0, 0.1) is 0 Å². The maximum Gasteiger partial charge on any atom is 0.220 e. The van der Waals surface area contributed by atoms with Gasteiger partial charge in [0.2, 0.25) is 5.91 Å². The van der Waals surface area contributed by atoms with Crippen molar-refractivity contribution in [3.05, 3.63) is 36.0 Å². The Hall–Kier alpha value is -1.42. The number of para-hydroxylation sites is 1. The van der Waals surface area contributed by atoms with E-state index in [1.807, 2.05) is 30.1 Å². The number of thioether (sulfide) groups is 1. The second-order valence-corrected chi connectivity index (χ2v) is 6.14. The second kappa shape index (κ2) is 5.70. The number of aromatic amines is 1. The van der Waals surface area contributed by atoms with Crippen molar-refractivity contribution in [2.45, 2.75) is 25.3 Å². The summed E-state index contributed by atoms with van der Waals surface area (Å²) in [6.45, 7) is 0. The van der Waals surface area contributed by atoms with Gasteiger partial charge in [0, 0.05) is 35.3 Å². The van der Waals surface area contributed by atoms with Crippen molar-refractivity contribution in [2.24, 2.45) is 0 Å². The third-order valence-electron chi connectivity index (χ3n) is 3.59. The molecule has 1 atom stereocenters. The van der Waals surface area contributed by atoms with Crippen molar-refractivity contribution in [1.29, 1.82) is 0 Å². The molecule has 1 aromatic heterocycles. The van der Waals surface area contributed by atoms with E-state index >= 15 is 0 Å². The molecule has 1 unspecified atom stereocenters. The van der Waals surface area contributed by atoms with Gasteiger partial charge in [0.25, 0.3) is 0 Å². The van der Waals surface area contributed by atoms with Crippen molar-refractivity contribution < 1.29 is 4.79 Å². The first kappa shape index (κ1) is 12.6. The van der Waals surface area contributed by atoms with Crippen LogP contribution in [0.25, 0.3) is 10.9 Å². The fourth-order valence-electron chi connectivity index (χ4n) is 2.53. The lowest BCUT2D eigenvalue weighted by Crippen LogP contribution is -2.34. The summed E-state index contributed by atoms with van der Waals surface area (Å²) in [5, 5.41) is 4.35. The first-order chi connectivity index (χ1) is 9.33. The molecular formula is C15H18N2OS. The first-order valence-corrected chi connectivity index (χ1v) is 7.90. The Balaban J connectivity index is 1.58. The summed E-state index contributed by atoms with van der Waals surface area (Å²) in [6.07, 6.45) is 4.51. The van der Waals surface area contributed by atoms with Crippen LogP contribution in [0.5, 0.6) is 0 Å². The highest BCUT2D eigenvalue weighted by Crippen LogP contribution is 2.20. The molecule has 2 N–H and O–H groups in total. The number of aryl methyl sites for hydroxylation is 1. The minimum Gasteiger partial charge on any atom is -0.361 e. The van der Waals surface area contributed by atoms with Gasteiger partial charge >= 0.3 is 0 Å². The van der Waals surface area contributed by atoms with E-state index in [1.165, 1.54) is 16.7 Å². The number of carbonyl (C=O) groups is 1. The van der Waals surface area contributed by atoms with Crippen LogP contribution in [0.15, 0.2) is 30.5 Å². The van der Waals surface area contributed by atoms with Gasteiger partial charge in [-0.3, -0.25) is 4.79 Å². The fourth-order valence-corrected chi connectivity index (χ4v) is 3.69. The van der Waals surface area contributed by atoms with Gasteiger partial charge in [0.05, 0.1) is 0 Å². The number of fused-ring (bicyclic) bond motifs is 1. The maximum absolute atomic E-state index is 11.9. The molecule has 1 aromatic carbocycles. The molecule has 1 saturated heterocycles. The van der Waals surface area contributed by atoms with Crippen molar-refractivity contribution in [2.75, 3.05) is 11.5 Å². The van der Waals surface area contributed by atoms with Crippen molar-refractivity contribution in [3.8, 4) is 0 Å². The monoisotopic (exact) mass is 274 g/mol. The first-order valence-electron chi connectivity index (χ1n) is 6.75. The predicted molar refractivity (Wildman–Crippen MR) is 80.5 cm³/mol. The highest BCUT2D eigenvalue weighted by Gasteiger charge is 2.17. The van der Waals surface area contributed by atoms with Crippen LogP contribution in [-0.2, 0) is 11.2 Å². The number of rotatable bonds is 4. The zero-order chi connectivity index (χ0) is 13.1. The van der Waals surface area contributed by atoms with Gasteiger partial charge in [-0.1, -0.05) is 18.2 Å². The number of carbonyl (C=O) groups excluding carboxylic acids is 1. The molecule has 1 aliphatic heterocycles. The number of hydrogen-bond donors (Lipinski definition) is 2. The lowest BCUT2D eigenvalue weighted by molar-refractivity contribution is -0.121. The number of amides is 1. The summed E-state index contributed by atoms with van der Waals surface area (Å²) < 4.78 is 0. The van der Waals surface area contributed by atoms with Crippen LogP contribution < -0.4 is 5.32 Å². The Morgan fingerprint density at radius 1 is 1.42 bits per heavy atom. The van der Waals surface area contributed by atoms with E-state index in [0.29, 0.717) is 12.5 Å². The summed E-state index contributed by atoms with van der Waals surface area (Å²) in [6, 6.07) is 8.62. The van der Waals surface area contributed by atoms with Crippen LogP contribution >= 0.6 is 11.8 Å². The van der Waals surface area contributed by atoms with E-state index in [-0.39, 0.29) is 5.91 Å². The maximum atomic E-state index is 11.9. The summed E-state index contributed by atoms with van der Waals surface area (Å²) >= 11 is 1.92. The minimum absolute atomic E-state index is 0.179. The number of hydrogen-bond acceptors (Lipinski definition) is 2. The van der Waals surface area contributed by atoms with Gasteiger partial charge in [0.15, 0.2) is 0 Å². The topological polar surface area (TPSA) is 44.9 Å². The third kappa shape index (κ3) is 2.95. The Kier molecular flexibility index (Phi) is 3.78. The standard InChI is InChI=1S/C15H18N2OS/c18-15(17-12-7-8-19-10-12)6-5-11-9-16-14-4-2-1-3-13(11)14/h1-4,9,12,16H,5-8,10H2,(H,17,18). The molecule has 3 nitrogen and oxygen atoms in total. The van der Waals surface area contributed by atoms with Gasteiger partial charge in [0.1, 0.15) is 0 Å². The zero-order valence-electron chi connectivity index (χ0n) is 10.8. The molecule has 2 heterocycles. The lowest BCUT2D eigenvalue weighted by atomic mass is 10.1. The van der Waals surface area contributed by atoms with Crippen molar-refractivity contribution in [1.82, 2.24) is 10.3 Å². The fraction of sp³-hybridized carbons (Fsp3) is 0.400. The highest BCUT2D eigenvalue weighted by atomic mass is 32.2. The quantitative estimate of drug-likeness (QED) is 0.900. The second-order valence-electron chi connectivity index (χ2n) is 4.99. The average molecular weight is 274 g/mol. The molecule has 0 aliphatic carbocycles. The molecule has 0 saturated carbocycles. The molecule has 1 aliphatic rings. The predicted octanol–water partition coefficient (Wildman–Crippen LogP) is 2.72. The molecule has 19 heavy (non-hydrogen) atoms. The van der Waals surface area contributed by atoms with Gasteiger partial charge in [-0.05, 0) is 30.2 Å². The number of benzene rings is 1. The van der Waals surface area contributed by atoms with E-state index in [4.69, 9.17) is 0 Å². The highest BCUT2D eigenvalue weighted by molar-refractivity contribution is 7.99. The van der Waals surface area contributed by atoms with Gasteiger partial charge < -0.3 is 10.3 Å². The van der Waals surface area contributed by atoms with Crippen LogP contribution in [0.3, 0.4) is 0 Å². The summed E-state index contributed by atoms with van der Waals surface area (Å²) in [7, 11) is 0. The molecule has 3 rings (SSSR count). The molecular weight excluding hydrogens is 256 g/mol. The van der Waals surface area contributed by atoms with Crippen LogP contribution in [0.1, 0.15) is 18.4 Å². The van der Waals surface area contributed by atoms with E-state index in [2.05, 4.69) is 22.4 Å². The summed E-state index contributed by atoms with van der Waals surface area (Å²) in [4.78, 5) is 15.1. The molecule has 0 spiro atoms. The Morgan fingerprint density at radius 3 is 3.16 bits per heavy atom. The SMILES string of the molecule is O=C(CCc1c[nH]c2ccccc12)NC1CCSC1. The van der Waals surface area contributed by atoms with E-state index < -0.39 is 0 Å². The largest absolute Gasteiger partial charge is 0.361 e. The Labute approximate surface area is 117 Å². The average Bonchev–Trinajstić information content (AvgIpc) is 3.05. The zero-order valence-corrected chi connectivity index (χ0v) is 11.6. The van der Waals surface area contributed by atoms with E-state index in [0.717, 1.165) is 24.1 Å². The molecule has 0 radical (unpaired) electrons. The van der Waals surface area contributed by atoms with Gasteiger partial charge in [-0.25, -0.2) is 0 Å². The van der Waals surface area contributed by atoms with Gasteiger partial charge in [-0.2, -0.15) is 11.8 Å². The third-order valence-corrected chi connectivity index (χ3v) is 4.75. The summed E-state index contributed by atoms with van der Waals surface area (Å²) in [5.74, 6) is 2.42.